The van der Waals surface area contributed by atoms with E-state index in [1.807, 2.05) is 24.3 Å². The molecule has 0 saturated carbocycles. The van der Waals surface area contributed by atoms with Gasteiger partial charge in [0.15, 0.2) is 5.78 Å². The highest BCUT2D eigenvalue weighted by Gasteiger charge is 2.13. The third kappa shape index (κ3) is 5.07. The molecule has 0 aliphatic carbocycles. The summed E-state index contributed by atoms with van der Waals surface area (Å²) in [5, 5.41) is 0. The van der Waals surface area contributed by atoms with E-state index < -0.39 is 12.2 Å². The minimum Gasteiger partial charge on any atom is -0.293 e. The van der Waals surface area contributed by atoms with Crippen molar-refractivity contribution >= 4 is 33.5 Å². The fourth-order valence-electron chi connectivity index (χ4n) is 1.10. The summed E-state index contributed by atoms with van der Waals surface area (Å²) in [4.78, 5) is 11.7. The summed E-state index contributed by atoms with van der Waals surface area (Å²) in [7, 11) is 0. The van der Waals surface area contributed by atoms with Crippen molar-refractivity contribution in [3.63, 3.8) is 0 Å². The summed E-state index contributed by atoms with van der Waals surface area (Å²) >= 11 is 4.91. The zero-order chi connectivity index (χ0) is 12.0. The molecule has 0 fully saturated rings. The highest BCUT2D eigenvalue weighted by molar-refractivity contribution is 9.10. The van der Waals surface area contributed by atoms with Crippen molar-refractivity contribution in [1.29, 1.82) is 0 Å². The Labute approximate surface area is 106 Å². The Morgan fingerprint density at radius 3 is 2.81 bits per heavy atom. The van der Waals surface area contributed by atoms with E-state index in [1.54, 1.807) is 11.8 Å². The Bertz CT molecular complexity index is 358. The van der Waals surface area contributed by atoms with Crippen molar-refractivity contribution < 1.29 is 13.6 Å². The van der Waals surface area contributed by atoms with Gasteiger partial charge in [0, 0.05) is 15.8 Å². The molecular weight excluding hydrogens is 298 g/mol. The second-order valence-corrected chi connectivity index (χ2v) is 5.26. The Kier molecular flexibility index (Phi) is 5.98. The molecule has 0 radical (unpaired) electrons. The predicted molar refractivity (Wildman–Crippen MR) is 65.1 cm³/mol. The number of Topliss-reactive ketones (excluding diaryl/α,β-unsaturated/α-hetero) is 1. The average Bonchev–Trinajstić information content (AvgIpc) is 2.24. The van der Waals surface area contributed by atoms with Crippen LogP contribution in [0.25, 0.3) is 0 Å². The van der Waals surface area contributed by atoms with Gasteiger partial charge in [0.1, 0.15) is 0 Å². The molecule has 1 aromatic rings. The number of alkyl halides is 2. The number of carbonyl (C=O) groups excluding carboxylic acids is 1. The standard InChI is InChI=1S/C11H11BrF2OS/c12-8-3-1-4-9(7-8)16-6-2-5-10(15)11(13)14/h1,3-4,7,11H,2,5-6H2. The normalized spacial score (nSPS) is 10.8. The zero-order valence-corrected chi connectivity index (χ0v) is 10.9. The first-order valence-electron chi connectivity index (χ1n) is 4.79. The third-order valence-corrected chi connectivity index (χ3v) is 3.45. The Balaban J connectivity index is 2.23. The van der Waals surface area contributed by atoms with Gasteiger partial charge in [-0.15, -0.1) is 11.8 Å². The second kappa shape index (κ2) is 7.01. The number of ketones is 1. The molecule has 1 aromatic carbocycles. The molecule has 0 saturated heterocycles. The van der Waals surface area contributed by atoms with Gasteiger partial charge in [-0.05, 0) is 30.4 Å². The van der Waals surface area contributed by atoms with Crippen LogP contribution in [0.4, 0.5) is 8.78 Å². The number of rotatable bonds is 6. The van der Waals surface area contributed by atoms with Gasteiger partial charge in [-0.2, -0.15) is 0 Å². The first-order chi connectivity index (χ1) is 7.59. The van der Waals surface area contributed by atoms with Crippen LogP contribution in [0, 0.1) is 0 Å². The highest BCUT2D eigenvalue weighted by atomic mass is 79.9. The first kappa shape index (κ1) is 13.6. The summed E-state index contributed by atoms with van der Waals surface area (Å²) in [5.74, 6) is -0.288. The summed E-state index contributed by atoms with van der Waals surface area (Å²) in [6, 6.07) is 7.74. The van der Waals surface area contributed by atoms with Gasteiger partial charge in [-0.25, -0.2) is 8.78 Å². The van der Waals surface area contributed by atoms with Gasteiger partial charge < -0.3 is 0 Å². The Morgan fingerprint density at radius 1 is 1.44 bits per heavy atom. The van der Waals surface area contributed by atoms with E-state index in [-0.39, 0.29) is 6.42 Å². The van der Waals surface area contributed by atoms with Crippen LogP contribution in [-0.4, -0.2) is 18.0 Å². The molecule has 0 N–H and O–H groups in total. The Morgan fingerprint density at radius 2 is 2.19 bits per heavy atom. The number of carbonyl (C=O) groups is 1. The van der Waals surface area contributed by atoms with Crippen LogP contribution in [0.3, 0.4) is 0 Å². The van der Waals surface area contributed by atoms with Gasteiger partial charge in [0.2, 0.25) is 0 Å². The molecule has 88 valence electrons. The predicted octanol–water partition coefficient (Wildman–Crippen LogP) is 4.16. The Hall–Kier alpha value is -0.420. The zero-order valence-electron chi connectivity index (χ0n) is 8.46. The SMILES string of the molecule is O=C(CCCSc1cccc(Br)c1)C(F)F. The topological polar surface area (TPSA) is 17.1 Å². The van der Waals surface area contributed by atoms with Gasteiger partial charge in [0.05, 0.1) is 0 Å². The van der Waals surface area contributed by atoms with Crippen molar-refractivity contribution in [1.82, 2.24) is 0 Å². The quantitative estimate of drug-likeness (QED) is 0.580. The molecule has 1 rings (SSSR count). The fraction of sp³-hybridized carbons (Fsp3) is 0.364. The lowest BCUT2D eigenvalue weighted by Crippen LogP contribution is -2.09. The van der Waals surface area contributed by atoms with E-state index in [4.69, 9.17) is 0 Å². The maximum absolute atomic E-state index is 11.9. The lowest BCUT2D eigenvalue weighted by Gasteiger charge is -2.02. The minimum atomic E-state index is -2.82. The number of hydrogen-bond donors (Lipinski definition) is 0. The van der Waals surface area contributed by atoms with Gasteiger partial charge in [-0.3, -0.25) is 4.79 Å². The molecular formula is C11H11BrF2OS. The lowest BCUT2D eigenvalue weighted by molar-refractivity contribution is -0.129. The molecule has 0 spiro atoms. The maximum Gasteiger partial charge on any atom is 0.295 e. The highest BCUT2D eigenvalue weighted by Crippen LogP contribution is 2.22. The van der Waals surface area contributed by atoms with E-state index in [9.17, 15) is 13.6 Å². The fourth-order valence-corrected chi connectivity index (χ4v) is 2.56. The number of thioether (sulfide) groups is 1. The van der Waals surface area contributed by atoms with Crippen molar-refractivity contribution in [3.8, 4) is 0 Å². The number of halogens is 3. The lowest BCUT2D eigenvalue weighted by atomic mass is 10.2. The maximum atomic E-state index is 11.9. The van der Waals surface area contributed by atoms with E-state index in [0.717, 1.165) is 9.37 Å². The van der Waals surface area contributed by atoms with Gasteiger partial charge in [-0.1, -0.05) is 22.0 Å². The summed E-state index contributed by atoms with van der Waals surface area (Å²) < 4.78 is 24.7. The third-order valence-electron chi connectivity index (χ3n) is 1.88. The summed E-state index contributed by atoms with van der Waals surface area (Å²) in [6.07, 6.45) is -2.38. The van der Waals surface area contributed by atoms with Gasteiger partial charge in [0.25, 0.3) is 6.43 Å². The average molecular weight is 309 g/mol. The van der Waals surface area contributed by atoms with Crippen LogP contribution in [-0.2, 0) is 4.79 Å². The van der Waals surface area contributed by atoms with Crippen molar-refractivity contribution in [2.24, 2.45) is 0 Å². The van der Waals surface area contributed by atoms with Crippen molar-refractivity contribution in [3.05, 3.63) is 28.7 Å². The summed E-state index contributed by atoms with van der Waals surface area (Å²) in [5.41, 5.74) is 0. The number of benzene rings is 1. The molecule has 0 heterocycles. The molecule has 0 aromatic heterocycles. The molecule has 1 nitrogen and oxygen atoms in total. The molecule has 0 aliphatic rings. The van der Waals surface area contributed by atoms with Gasteiger partial charge >= 0.3 is 0 Å². The molecule has 0 aliphatic heterocycles. The van der Waals surface area contributed by atoms with E-state index in [0.29, 0.717) is 12.2 Å². The van der Waals surface area contributed by atoms with Crippen LogP contribution in [0.2, 0.25) is 0 Å². The molecule has 0 amide bonds. The van der Waals surface area contributed by atoms with E-state index in [2.05, 4.69) is 15.9 Å². The second-order valence-electron chi connectivity index (χ2n) is 3.18. The smallest absolute Gasteiger partial charge is 0.293 e. The van der Waals surface area contributed by atoms with Crippen LogP contribution in [0.5, 0.6) is 0 Å². The van der Waals surface area contributed by atoms with E-state index in [1.165, 1.54) is 0 Å². The van der Waals surface area contributed by atoms with E-state index >= 15 is 0 Å². The molecule has 5 heteroatoms. The summed E-state index contributed by atoms with van der Waals surface area (Å²) in [6.45, 7) is 0. The minimum absolute atomic E-state index is 0.0430. The van der Waals surface area contributed by atoms with Crippen LogP contribution >= 0.6 is 27.7 Å². The van der Waals surface area contributed by atoms with Crippen LogP contribution in [0.15, 0.2) is 33.6 Å². The molecule has 0 unspecified atom stereocenters. The molecule has 0 atom stereocenters. The van der Waals surface area contributed by atoms with Crippen LogP contribution < -0.4 is 0 Å². The van der Waals surface area contributed by atoms with Crippen molar-refractivity contribution in [2.75, 3.05) is 5.75 Å². The van der Waals surface area contributed by atoms with Crippen molar-refractivity contribution in [2.45, 2.75) is 24.2 Å². The number of hydrogen-bond acceptors (Lipinski definition) is 2. The largest absolute Gasteiger partial charge is 0.295 e. The first-order valence-corrected chi connectivity index (χ1v) is 6.56. The molecule has 0 bridgehead atoms. The van der Waals surface area contributed by atoms with Crippen LogP contribution in [0.1, 0.15) is 12.8 Å². The monoisotopic (exact) mass is 308 g/mol. The molecule has 16 heavy (non-hydrogen) atoms.